The van der Waals surface area contributed by atoms with E-state index in [2.05, 4.69) is 12.2 Å². The molecule has 0 aromatic carbocycles. The molecule has 2 aliphatic heterocycles. The van der Waals surface area contributed by atoms with Crippen molar-refractivity contribution in [3.05, 3.63) is 12.2 Å². The molecule has 0 aromatic heterocycles. The fourth-order valence-electron chi connectivity index (χ4n) is 5.52. The molecule has 0 saturated carbocycles. The van der Waals surface area contributed by atoms with Gasteiger partial charge in [0.15, 0.2) is 12.6 Å². The molecule has 2 rings (SSSR count). The Morgan fingerprint density at radius 2 is 1.24 bits per heavy atom. The second kappa shape index (κ2) is 22.4. The van der Waals surface area contributed by atoms with E-state index in [0.29, 0.717) is 19.4 Å². The molecule has 0 aliphatic carbocycles. The summed E-state index contributed by atoms with van der Waals surface area (Å²) in [5.74, 6) is -0.104. The molecule has 0 amide bonds. The van der Waals surface area contributed by atoms with Crippen LogP contribution in [0.15, 0.2) is 12.2 Å². The van der Waals surface area contributed by atoms with Crippen molar-refractivity contribution in [2.75, 3.05) is 19.8 Å². The molecule has 2 aliphatic rings. The van der Waals surface area contributed by atoms with Crippen LogP contribution in [0.1, 0.15) is 97.3 Å². The van der Waals surface area contributed by atoms with Gasteiger partial charge in [0.05, 0.1) is 25.9 Å². The molecule has 2 saturated heterocycles. The Labute approximate surface area is 267 Å². The maximum Gasteiger partial charge on any atom is 0.305 e. The minimum atomic E-state index is -1.71. The number of carbonyl (C=O) groups is 1. The van der Waals surface area contributed by atoms with E-state index < -0.39 is 74.6 Å². The van der Waals surface area contributed by atoms with Crippen molar-refractivity contribution in [2.45, 2.75) is 165 Å². The maximum absolute atomic E-state index is 11.3. The topological polar surface area (TPSA) is 205 Å². The number of esters is 1. The van der Waals surface area contributed by atoms with Crippen LogP contribution in [-0.2, 0) is 28.5 Å². The molecule has 0 radical (unpaired) electrons. The third-order valence-electron chi connectivity index (χ3n) is 8.29. The standard InChI is InChI=1S/C32H58O13/c1-3-41-24(35)18-16-14-12-10-8-6-4-5-7-9-11-13-15-17-21(2)42-32-30(28(39)26(37)23(20-34)44-32)45-31-29(40)27(38)25(36)22(19-33)43-31/h4-5,21-23,25-34,36-40H,3,6-20H2,1-2H3/b5-4-. The lowest BCUT2D eigenvalue weighted by atomic mass is 9.97. The zero-order valence-corrected chi connectivity index (χ0v) is 26.9. The normalized spacial score (nSPS) is 33.0. The van der Waals surface area contributed by atoms with Crippen molar-refractivity contribution in [1.82, 2.24) is 0 Å². The van der Waals surface area contributed by atoms with Crippen LogP contribution in [0.3, 0.4) is 0 Å². The highest BCUT2D eigenvalue weighted by atomic mass is 16.8. The third-order valence-corrected chi connectivity index (χ3v) is 8.29. The molecule has 11 unspecified atom stereocenters. The highest BCUT2D eigenvalue weighted by molar-refractivity contribution is 5.69. The van der Waals surface area contributed by atoms with Crippen molar-refractivity contribution in [3.63, 3.8) is 0 Å². The first-order valence-corrected chi connectivity index (χ1v) is 16.7. The van der Waals surface area contributed by atoms with Gasteiger partial charge in [-0.1, -0.05) is 50.7 Å². The fourth-order valence-corrected chi connectivity index (χ4v) is 5.52. The number of hydrogen-bond donors (Lipinski definition) is 7. The van der Waals surface area contributed by atoms with E-state index in [1.807, 2.05) is 13.8 Å². The van der Waals surface area contributed by atoms with Gasteiger partial charge in [0.1, 0.15) is 48.8 Å². The van der Waals surface area contributed by atoms with Crippen LogP contribution in [0, 0.1) is 0 Å². The first kappa shape index (κ1) is 39.9. The summed E-state index contributed by atoms with van der Waals surface area (Å²) in [4.78, 5) is 11.3. The van der Waals surface area contributed by atoms with Crippen LogP contribution in [0.5, 0.6) is 0 Å². The lowest BCUT2D eigenvalue weighted by Crippen LogP contribution is -2.64. The largest absolute Gasteiger partial charge is 0.466 e. The molecule has 2 heterocycles. The molecule has 0 bridgehead atoms. The van der Waals surface area contributed by atoms with Gasteiger partial charge in [-0.15, -0.1) is 0 Å². The Morgan fingerprint density at radius 1 is 0.711 bits per heavy atom. The van der Waals surface area contributed by atoms with Crippen molar-refractivity contribution >= 4 is 5.97 Å². The molecule has 7 N–H and O–H groups in total. The number of ether oxygens (including phenoxy) is 5. The van der Waals surface area contributed by atoms with E-state index in [9.17, 15) is 40.5 Å². The molecule has 13 nitrogen and oxygen atoms in total. The smallest absolute Gasteiger partial charge is 0.305 e. The van der Waals surface area contributed by atoms with Gasteiger partial charge in [-0.05, 0) is 52.4 Å². The van der Waals surface area contributed by atoms with Gasteiger partial charge in [0.25, 0.3) is 0 Å². The van der Waals surface area contributed by atoms with Crippen LogP contribution in [0.25, 0.3) is 0 Å². The van der Waals surface area contributed by atoms with E-state index >= 15 is 0 Å². The third kappa shape index (κ3) is 13.8. The van der Waals surface area contributed by atoms with E-state index in [-0.39, 0.29) is 12.1 Å². The van der Waals surface area contributed by atoms with Gasteiger partial charge < -0.3 is 59.4 Å². The van der Waals surface area contributed by atoms with Crippen molar-refractivity contribution < 1.29 is 64.2 Å². The summed E-state index contributed by atoms with van der Waals surface area (Å²) < 4.78 is 27.7. The zero-order valence-electron chi connectivity index (χ0n) is 26.9. The van der Waals surface area contributed by atoms with Crippen LogP contribution in [0.2, 0.25) is 0 Å². The number of rotatable bonds is 22. The number of unbranched alkanes of at least 4 members (excludes halogenated alkanes) is 9. The van der Waals surface area contributed by atoms with E-state index in [4.69, 9.17) is 23.7 Å². The molecular formula is C32H58O13. The summed E-state index contributed by atoms with van der Waals surface area (Å²) in [6.45, 7) is 2.87. The predicted octanol–water partition coefficient (Wildman–Crippen LogP) is 1.21. The van der Waals surface area contributed by atoms with Crippen molar-refractivity contribution in [1.29, 1.82) is 0 Å². The maximum atomic E-state index is 11.3. The Bertz CT molecular complexity index is 812. The molecule has 13 heteroatoms. The lowest BCUT2D eigenvalue weighted by molar-refractivity contribution is -0.371. The fraction of sp³-hybridized carbons (Fsp3) is 0.906. The highest BCUT2D eigenvalue weighted by Crippen LogP contribution is 2.30. The Hall–Kier alpha value is -1.23. The Morgan fingerprint density at radius 3 is 1.84 bits per heavy atom. The van der Waals surface area contributed by atoms with Gasteiger partial charge in [-0.3, -0.25) is 4.79 Å². The number of hydrogen-bond acceptors (Lipinski definition) is 13. The number of aliphatic hydroxyl groups excluding tert-OH is 7. The van der Waals surface area contributed by atoms with Gasteiger partial charge in [0, 0.05) is 6.42 Å². The van der Waals surface area contributed by atoms with E-state index in [1.165, 1.54) is 6.42 Å². The van der Waals surface area contributed by atoms with E-state index in [0.717, 1.165) is 64.2 Å². The molecule has 0 aromatic rings. The van der Waals surface area contributed by atoms with Crippen LogP contribution < -0.4 is 0 Å². The Balaban J connectivity index is 1.66. The second-order valence-corrected chi connectivity index (χ2v) is 12.0. The average molecular weight is 651 g/mol. The average Bonchev–Trinajstić information content (AvgIpc) is 3.02. The van der Waals surface area contributed by atoms with Crippen LogP contribution in [0.4, 0.5) is 0 Å². The van der Waals surface area contributed by atoms with Crippen molar-refractivity contribution in [2.24, 2.45) is 0 Å². The van der Waals surface area contributed by atoms with Crippen LogP contribution in [-0.4, -0.2) is 129 Å². The lowest BCUT2D eigenvalue weighted by Gasteiger charge is -2.46. The summed E-state index contributed by atoms with van der Waals surface area (Å²) in [5, 5.41) is 70.7. The molecule has 264 valence electrons. The summed E-state index contributed by atoms with van der Waals surface area (Å²) in [6.07, 6.45) is 2.29. The molecule has 11 atom stereocenters. The molecule has 2 fully saturated rings. The molecule has 0 spiro atoms. The summed E-state index contributed by atoms with van der Waals surface area (Å²) in [7, 11) is 0. The number of allylic oxidation sites excluding steroid dienone is 2. The summed E-state index contributed by atoms with van der Waals surface area (Å²) >= 11 is 0. The van der Waals surface area contributed by atoms with Gasteiger partial charge >= 0.3 is 5.97 Å². The van der Waals surface area contributed by atoms with Crippen LogP contribution >= 0.6 is 0 Å². The summed E-state index contributed by atoms with van der Waals surface area (Å²) in [6, 6.07) is 0. The first-order chi connectivity index (χ1) is 21.6. The summed E-state index contributed by atoms with van der Waals surface area (Å²) in [5.41, 5.74) is 0. The molecular weight excluding hydrogens is 592 g/mol. The quantitative estimate of drug-likeness (QED) is 0.0501. The van der Waals surface area contributed by atoms with Gasteiger partial charge in [-0.25, -0.2) is 0 Å². The molecule has 45 heavy (non-hydrogen) atoms. The minimum Gasteiger partial charge on any atom is -0.466 e. The Kier molecular flexibility index (Phi) is 19.8. The van der Waals surface area contributed by atoms with Gasteiger partial charge in [-0.2, -0.15) is 0 Å². The second-order valence-electron chi connectivity index (χ2n) is 12.0. The SMILES string of the molecule is CCOC(=O)CCCCCCC/C=C\CCCCCCC(C)OC1OC(CO)C(O)C(O)C1OC1OC(CO)C(O)C(O)C1O. The van der Waals surface area contributed by atoms with Crippen molar-refractivity contribution in [3.8, 4) is 0 Å². The zero-order chi connectivity index (χ0) is 33.2. The first-order valence-electron chi connectivity index (χ1n) is 16.7. The highest BCUT2D eigenvalue weighted by Gasteiger charge is 2.51. The van der Waals surface area contributed by atoms with Gasteiger partial charge in [0.2, 0.25) is 0 Å². The number of carbonyl (C=O) groups excluding carboxylic acids is 1. The number of aliphatic hydroxyl groups is 7. The monoisotopic (exact) mass is 650 g/mol. The minimum absolute atomic E-state index is 0.104. The predicted molar refractivity (Wildman–Crippen MR) is 163 cm³/mol. The van der Waals surface area contributed by atoms with E-state index in [1.54, 1.807) is 0 Å².